The smallest absolute Gasteiger partial charge is 0.0343 e. The second-order valence-electron chi connectivity index (χ2n) is 6.07. The molecule has 0 saturated carbocycles. The molecule has 0 heterocycles. The van der Waals surface area contributed by atoms with Crippen molar-refractivity contribution in [3.63, 3.8) is 0 Å². The van der Waals surface area contributed by atoms with Crippen LogP contribution in [-0.4, -0.2) is 6.54 Å². The summed E-state index contributed by atoms with van der Waals surface area (Å²) in [6, 6.07) is 6.48. The molecule has 0 aliphatic rings. The Hall–Kier alpha value is -0.500. The number of aryl methyl sites for hydroxylation is 1. The molecule has 0 saturated heterocycles. The Morgan fingerprint density at radius 1 is 0.857 bits per heavy atom. The zero-order chi connectivity index (χ0) is 15.3. The summed E-state index contributed by atoms with van der Waals surface area (Å²) >= 11 is 3.54. The predicted octanol–water partition coefficient (Wildman–Crippen LogP) is 7.09. The van der Waals surface area contributed by atoms with Crippen molar-refractivity contribution < 1.29 is 0 Å². The monoisotopic (exact) mass is 353 g/mol. The molecule has 0 amide bonds. The second kappa shape index (κ2) is 12.1. The summed E-state index contributed by atoms with van der Waals surface area (Å²) in [5.41, 5.74) is 2.54. The highest BCUT2D eigenvalue weighted by Crippen LogP contribution is 2.20. The minimum atomic E-state index is 1.09. The zero-order valence-electron chi connectivity index (χ0n) is 13.9. The number of halogens is 1. The van der Waals surface area contributed by atoms with E-state index < -0.39 is 0 Å². The highest BCUT2D eigenvalue weighted by atomic mass is 79.9. The van der Waals surface area contributed by atoms with Gasteiger partial charge in [-0.3, -0.25) is 0 Å². The van der Waals surface area contributed by atoms with Crippen LogP contribution in [0.3, 0.4) is 0 Å². The lowest BCUT2D eigenvalue weighted by atomic mass is 10.1. The first-order chi connectivity index (χ1) is 10.2. The molecule has 1 aromatic rings. The zero-order valence-corrected chi connectivity index (χ0v) is 15.5. The lowest BCUT2D eigenvalue weighted by Gasteiger charge is -2.08. The van der Waals surface area contributed by atoms with Crippen LogP contribution in [0.1, 0.15) is 76.7 Å². The molecule has 120 valence electrons. The van der Waals surface area contributed by atoms with Crippen molar-refractivity contribution in [2.24, 2.45) is 0 Å². The summed E-state index contributed by atoms with van der Waals surface area (Å²) in [5.74, 6) is 0. The topological polar surface area (TPSA) is 12.0 Å². The highest BCUT2D eigenvalue weighted by molar-refractivity contribution is 9.10. The molecular weight excluding hydrogens is 322 g/mol. The second-order valence-corrected chi connectivity index (χ2v) is 6.93. The summed E-state index contributed by atoms with van der Waals surface area (Å²) < 4.78 is 1.19. The van der Waals surface area contributed by atoms with Crippen LogP contribution in [0, 0.1) is 6.92 Å². The predicted molar refractivity (Wildman–Crippen MR) is 99.2 cm³/mol. The number of benzene rings is 1. The third-order valence-corrected chi connectivity index (χ3v) is 4.91. The van der Waals surface area contributed by atoms with Gasteiger partial charge in [-0.2, -0.15) is 0 Å². The van der Waals surface area contributed by atoms with Gasteiger partial charge in [0.05, 0.1) is 0 Å². The van der Waals surface area contributed by atoms with E-state index in [1.807, 2.05) is 0 Å². The van der Waals surface area contributed by atoms with Crippen molar-refractivity contribution in [1.82, 2.24) is 0 Å². The average molecular weight is 354 g/mol. The number of rotatable bonds is 12. The number of anilines is 1. The molecule has 0 aliphatic carbocycles. The van der Waals surface area contributed by atoms with Gasteiger partial charge in [-0.15, -0.1) is 0 Å². The van der Waals surface area contributed by atoms with Gasteiger partial charge in [0.1, 0.15) is 0 Å². The maximum atomic E-state index is 3.54. The summed E-state index contributed by atoms with van der Waals surface area (Å²) in [6.07, 6.45) is 14.0. The Morgan fingerprint density at radius 2 is 1.43 bits per heavy atom. The fourth-order valence-corrected chi connectivity index (χ4v) is 2.85. The molecule has 0 unspecified atom stereocenters. The van der Waals surface area contributed by atoms with E-state index >= 15 is 0 Å². The van der Waals surface area contributed by atoms with E-state index in [2.05, 4.69) is 53.3 Å². The summed E-state index contributed by atoms with van der Waals surface area (Å²) in [4.78, 5) is 0. The van der Waals surface area contributed by atoms with E-state index in [4.69, 9.17) is 0 Å². The molecule has 1 nitrogen and oxygen atoms in total. The van der Waals surface area contributed by atoms with Crippen LogP contribution in [0.2, 0.25) is 0 Å². The fourth-order valence-electron chi connectivity index (χ4n) is 2.60. The summed E-state index contributed by atoms with van der Waals surface area (Å²) in [7, 11) is 0. The molecule has 1 aromatic carbocycles. The van der Waals surface area contributed by atoms with Crippen LogP contribution in [0.15, 0.2) is 22.7 Å². The first kappa shape index (κ1) is 18.5. The molecule has 0 aliphatic heterocycles. The van der Waals surface area contributed by atoms with Crippen molar-refractivity contribution in [2.45, 2.75) is 78.1 Å². The fraction of sp³-hybridized carbons (Fsp3) is 0.684. The number of nitrogens with one attached hydrogen (secondary N) is 1. The van der Waals surface area contributed by atoms with E-state index in [0.717, 1.165) is 6.54 Å². The largest absolute Gasteiger partial charge is 0.385 e. The van der Waals surface area contributed by atoms with E-state index in [0.29, 0.717) is 0 Å². The normalized spacial score (nSPS) is 10.8. The Bertz CT molecular complexity index is 376. The Morgan fingerprint density at radius 3 is 2.00 bits per heavy atom. The number of hydrogen-bond donors (Lipinski definition) is 1. The van der Waals surface area contributed by atoms with Crippen LogP contribution in [0.25, 0.3) is 0 Å². The van der Waals surface area contributed by atoms with E-state index in [1.54, 1.807) is 0 Å². The first-order valence-corrected chi connectivity index (χ1v) is 9.53. The summed E-state index contributed by atoms with van der Waals surface area (Å²) in [6.45, 7) is 5.51. The van der Waals surface area contributed by atoms with Crippen molar-refractivity contribution in [3.8, 4) is 0 Å². The highest BCUT2D eigenvalue weighted by Gasteiger charge is 1.97. The van der Waals surface area contributed by atoms with E-state index in [-0.39, 0.29) is 0 Å². The van der Waals surface area contributed by atoms with E-state index in [1.165, 1.54) is 79.9 Å². The van der Waals surface area contributed by atoms with Crippen LogP contribution in [-0.2, 0) is 0 Å². The van der Waals surface area contributed by atoms with Gasteiger partial charge in [-0.25, -0.2) is 0 Å². The van der Waals surface area contributed by atoms with Gasteiger partial charge in [0.15, 0.2) is 0 Å². The van der Waals surface area contributed by atoms with Crippen molar-refractivity contribution >= 4 is 21.6 Å². The number of unbranched alkanes of at least 4 members (excludes halogenated alkanes) is 9. The Balaban J connectivity index is 1.91. The van der Waals surface area contributed by atoms with Crippen LogP contribution < -0.4 is 5.32 Å². The average Bonchev–Trinajstić information content (AvgIpc) is 2.48. The third-order valence-electron chi connectivity index (χ3n) is 4.02. The van der Waals surface area contributed by atoms with Gasteiger partial charge in [-0.05, 0) is 37.1 Å². The first-order valence-electron chi connectivity index (χ1n) is 8.74. The van der Waals surface area contributed by atoms with Crippen LogP contribution in [0.5, 0.6) is 0 Å². The van der Waals surface area contributed by atoms with Gasteiger partial charge in [0.25, 0.3) is 0 Å². The summed E-state index contributed by atoms with van der Waals surface area (Å²) in [5, 5.41) is 3.52. The lowest BCUT2D eigenvalue weighted by Crippen LogP contribution is -2.01. The van der Waals surface area contributed by atoms with Gasteiger partial charge >= 0.3 is 0 Å². The quantitative estimate of drug-likeness (QED) is 0.395. The van der Waals surface area contributed by atoms with Gasteiger partial charge in [0, 0.05) is 16.7 Å². The minimum Gasteiger partial charge on any atom is -0.385 e. The maximum Gasteiger partial charge on any atom is 0.0343 e. The molecule has 0 fully saturated rings. The van der Waals surface area contributed by atoms with Crippen LogP contribution >= 0.6 is 15.9 Å². The molecular formula is C19H32BrN. The van der Waals surface area contributed by atoms with Gasteiger partial charge in [-0.1, -0.05) is 80.6 Å². The van der Waals surface area contributed by atoms with Crippen molar-refractivity contribution in [1.29, 1.82) is 0 Å². The van der Waals surface area contributed by atoms with Gasteiger partial charge < -0.3 is 5.32 Å². The standard InChI is InChI=1S/C19H32BrN/c1-3-4-5-6-7-8-9-10-11-12-15-21-18-13-14-19(20)17(2)16-18/h13-14,16,21H,3-12,15H2,1-2H3. The van der Waals surface area contributed by atoms with Crippen molar-refractivity contribution in [3.05, 3.63) is 28.2 Å². The molecule has 0 spiro atoms. The molecule has 0 atom stereocenters. The molecule has 1 N–H and O–H groups in total. The number of hydrogen-bond acceptors (Lipinski definition) is 1. The molecule has 21 heavy (non-hydrogen) atoms. The molecule has 1 rings (SSSR count). The Kier molecular flexibility index (Phi) is 10.7. The van der Waals surface area contributed by atoms with Gasteiger partial charge in [0.2, 0.25) is 0 Å². The van der Waals surface area contributed by atoms with E-state index in [9.17, 15) is 0 Å². The van der Waals surface area contributed by atoms with Crippen molar-refractivity contribution in [2.75, 3.05) is 11.9 Å². The minimum absolute atomic E-state index is 1.09. The maximum absolute atomic E-state index is 3.54. The molecule has 0 bridgehead atoms. The lowest BCUT2D eigenvalue weighted by molar-refractivity contribution is 0.560. The molecule has 0 aromatic heterocycles. The third kappa shape index (κ3) is 9.18. The molecule has 2 heteroatoms. The van der Waals surface area contributed by atoms with Crippen LogP contribution in [0.4, 0.5) is 5.69 Å². The molecule has 0 radical (unpaired) electrons. The SMILES string of the molecule is CCCCCCCCCCCCNc1ccc(Br)c(C)c1. The Labute approximate surface area is 140 Å².